The standard InChI is InChI=1S/C15H24S/c1-5-8-13(9-6-2)14-10-7-11-15(12-14)16(3)4/h7,10-13H,3,5-6,8-9H2,1-2,4H3. The zero-order valence-corrected chi connectivity index (χ0v) is 11.6. The van der Waals surface area contributed by atoms with Crippen LogP contribution in [0, 0.1) is 0 Å². The van der Waals surface area contributed by atoms with Crippen molar-refractivity contribution in [3.63, 3.8) is 0 Å². The lowest BCUT2D eigenvalue weighted by atomic mass is 9.90. The molecule has 0 amide bonds. The lowest BCUT2D eigenvalue weighted by molar-refractivity contribution is 0.560. The topological polar surface area (TPSA) is 0 Å². The van der Waals surface area contributed by atoms with Crippen LogP contribution in [0.4, 0.5) is 0 Å². The third-order valence-electron chi connectivity index (χ3n) is 3.01. The maximum atomic E-state index is 4.13. The molecule has 0 spiro atoms. The largest absolute Gasteiger partial charge is 0.165 e. The van der Waals surface area contributed by atoms with Crippen molar-refractivity contribution in [3.8, 4) is 0 Å². The minimum atomic E-state index is 0.136. The molecule has 0 radical (unpaired) electrons. The third-order valence-corrected chi connectivity index (χ3v) is 4.06. The van der Waals surface area contributed by atoms with E-state index in [9.17, 15) is 0 Å². The molecule has 16 heavy (non-hydrogen) atoms. The van der Waals surface area contributed by atoms with Crippen LogP contribution < -0.4 is 0 Å². The van der Waals surface area contributed by atoms with Crippen LogP contribution >= 0.6 is 10.5 Å². The molecule has 0 saturated heterocycles. The molecule has 0 bridgehead atoms. The van der Waals surface area contributed by atoms with E-state index in [4.69, 9.17) is 0 Å². The Bertz CT molecular complexity index is 335. The molecule has 1 aromatic carbocycles. The molecule has 0 N–H and O–H groups in total. The molecule has 1 atom stereocenters. The Morgan fingerprint density at radius 1 is 1.19 bits per heavy atom. The summed E-state index contributed by atoms with van der Waals surface area (Å²) in [6.07, 6.45) is 7.36. The minimum Gasteiger partial charge on any atom is -0.165 e. The smallest absolute Gasteiger partial charge is 0.00114 e. The van der Waals surface area contributed by atoms with Crippen LogP contribution in [0.15, 0.2) is 29.2 Å². The predicted molar refractivity (Wildman–Crippen MR) is 77.9 cm³/mol. The Hall–Kier alpha value is -0.560. The summed E-state index contributed by atoms with van der Waals surface area (Å²) in [6, 6.07) is 9.05. The molecule has 0 saturated carbocycles. The van der Waals surface area contributed by atoms with Gasteiger partial charge in [0.05, 0.1) is 0 Å². The van der Waals surface area contributed by atoms with Gasteiger partial charge in [0.1, 0.15) is 0 Å². The second kappa shape index (κ2) is 6.90. The molecule has 0 fully saturated rings. The summed E-state index contributed by atoms with van der Waals surface area (Å²) >= 11 is 0. The van der Waals surface area contributed by atoms with E-state index < -0.39 is 0 Å². The first-order valence-electron chi connectivity index (χ1n) is 6.24. The Labute approximate surface area is 103 Å². The lowest BCUT2D eigenvalue weighted by Crippen LogP contribution is -1.98. The molecular formula is C15H24S. The van der Waals surface area contributed by atoms with Crippen LogP contribution in [0.25, 0.3) is 0 Å². The Balaban J connectivity index is 2.90. The molecule has 0 aliphatic heterocycles. The van der Waals surface area contributed by atoms with E-state index in [1.54, 1.807) is 0 Å². The molecular weight excluding hydrogens is 212 g/mol. The van der Waals surface area contributed by atoms with E-state index >= 15 is 0 Å². The van der Waals surface area contributed by atoms with Crippen LogP contribution in [-0.4, -0.2) is 12.1 Å². The van der Waals surface area contributed by atoms with Crippen molar-refractivity contribution >= 4 is 16.4 Å². The van der Waals surface area contributed by atoms with Crippen molar-refractivity contribution < 1.29 is 0 Å². The first-order chi connectivity index (χ1) is 7.69. The van der Waals surface area contributed by atoms with E-state index in [1.165, 1.54) is 36.1 Å². The highest BCUT2D eigenvalue weighted by Gasteiger charge is 2.09. The van der Waals surface area contributed by atoms with Crippen molar-refractivity contribution in [1.29, 1.82) is 0 Å². The fourth-order valence-electron chi connectivity index (χ4n) is 2.16. The average molecular weight is 236 g/mol. The summed E-state index contributed by atoms with van der Waals surface area (Å²) in [6.45, 7) is 4.55. The first kappa shape index (κ1) is 13.5. The molecule has 1 rings (SSSR count). The van der Waals surface area contributed by atoms with E-state index in [0.29, 0.717) is 0 Å². The van der Waals surface area contributed by atoms with E-state index in [0.717, 1.165) is 5.92 Å². The molecule has 0 aliphatic rings. The maximum absolute atomic E-state index is 4.13. The highest BCUT2D eigenvalue weighted by atomic mass is 32.2. The first-order valence-corrected chi connectivity index (χ1v) is 8.04. The molecule has 0 heterocycles. The molecule has 0 nitrogen and oxygen atoms in total. The predicted octanol–water partition coefficient (Wildman–Crippen LogP) is 5.06. The van der Waals surface area contributed by atoms with Gasteiger partial charge in [0.2, 0.25) is 0 Å². The van der Waals surface area contributed by atoms with Gasteiger partial charge in [-0.15, -0.1) is 0 Å². The van der Waals surface area contributed by atoms with Gasteiger partial charge in [-0.1, -0.05) is 44.7 Å². The van der Waals surface area contributed by atoms with E-state index in [-0.39, 0.29) is 10.5 Å². The second-order valence-electron chi connectivity index (χ2n) is 4.48. The number of benzene rings is 1. The summed E-state index contributed by atoms with van der Waals surface area (Å²) in [5.41, 5.74) is 1.52. The van der Waals surface area contributed by atoms with Gasteiger partial charge in [-0.05, 0) is 42.7 Å². The van der Waals surface area contributed by atoms with Crippen LogP contribution in [0.1, 0.15) is 51.0 Å². The van der Waals surface area contributed by atoms with Crippen molar-refractivity contribution in [2.24, 2.45) is 0 Å². The summed E-state index contributed by atoms with van der Waals surface area (Å²) < 4.78 is 0. The van der Waals surface area contributed by atoms with Gasteiger partial charge in [0.15, 0.2) is 0 Å². The second-order valence-corrected chi connectivity index (χ2v) is 6.23. The van der Waals surface area contributed by atoms with Gasteiger partial charge in [-0.2, -0.15) is 10.5 Å². The summed E-state index contributed by atoms with van der Waals surface area (Å²) in [7, 11) is 0.136. The molecule has 90 valence electrons. The quantitative estimate of drug-likeness (QED) is 0.606. The van der Waals surface area contributed by atoms with E-state index in [1.807, 2.05) is 0 Å². The monoisotopic (exact) mass is 236 g/mol. The number of rotatable bonds is 6. The molecule has 1 heteroatoms. The number of hydrogen-bond donors (Lipinski definition) is 0. The van der Waals surface area contributed by atoms with Gasteiger partial charge in [0, 0.05) is 4.90 Å². The fraction of sp³-hybridized carbons (Fsp3) is 0.533. The summed E-state index contributed by atoms with van der Waals surface area (Å²) in [5.74, 6) is 4.88. The Kier molecular flexibility index (Phi) is 5.83. The Morgan fingerprint density at radius 2 is 1.81 bits per heavy atom. The summed E-state index contributed by atoms with van der Waals surface area (Å²) in [4.78, 5) is 1.40. The lowest BCUT2D eigenvalue weighted by Gasteiger charge is -2.16. The fourth-order valence-corrected chi connectivity index (χ4v) is 2.81. The van der Waals surface area contributed by atoms with Crippen molar-refractivity contribution in [2.45, 2.75) is 50.3 Å². The van der Waals surface area contributed by atoms with Crippen molar-refractivity contribution in [2.75, 3.05) is 6.26 Å². The molecule has 1 unspecified atom stereocenters. The van der Waals surface area contributed by atoms with Crippen LogP contribution in [0.3, 0.4) is 0 Å². The highest BCUT2D eigenvalue weighted by molar-refractivity contribution is 8.13. The minimum absolute atomic E-state index is 0.136. The van der Waals surface area contributed by atoms with Gasteiger partial charge in [0.25, 0.3) is 0 Å². The number of hydrogen-bond acceptors (Lipinski definition) is 0. The molecule has 1 aromatic rings. The van der Waals surface area contributed by atoms with Crippen molar-refractivity contribution in [1.82, 2.24) is 0 Å². The van der Waals surface area contributed by atoms with Gasteiger partial charge in [-0.25, -0.2) is 0 Å². The average Bonchev–Trinajstić information content (AvgIpc) is 2.29. The zero-order chi connectivity index (χ0) is 12.0. The van der Waals surface area contributed by atoms with Crippen LogP contribution in [-0.2, 0) is 0 Å². The Morgan fingerprint density at radius 3 is 2.31 bits per heavy atom. The molecule has 0 aromatic heterocycles. The zero-order valence-electron chi connectivity index (χ0n) is 10.8. The van der Waals surface area contributed by atoms with Crippen molar-refractivity contribution in [3.05, 3.63) is 29.8 Å². The highest BCUT2D eigenvalue weighted by Crippen LogP contribution is 2.30. The van der Waals surface area contributed by atoms with Crippen LogP contribution in [0.2, 0.25) is 0 Å². The third kappa shape index (κ3) is 3.79. The normalized spacial score (nSPS) is 13.0. The van der Waals surface area contributed by atoms with Gasteiger partial charge in [-0.3, -0.25) is 0 Å². The summed E-state index contributed by atoms with van der Waals surface area (Å²) in [5, 5.41) is 0. The van der Waals surface area contributed by atoms with Crippen LogP contribution in [0.5, 0.6) is 0 Å². The maximum Gasteiger partial charge on any atom is 0.00114 e. The SMILES string of the molecule is C=S(C)c1cccc(C(CCC)CCC)c1. The van der Waals surface area contributed by atoms with Gasteiger partial charge >= 0.3 is 0 Å². The van der Waals surface area contributed by atoms with E-state index in [2.05, 4.69) is 50.2 Å². The van der Waals surface area contributed by atoms with Gasteiger partial charge < -0.3 is 0 Å². The molecule has 0 aliphatic carbocycles.